The molecule has 0 radical (unpaired) electrons. The third-order valence-corrected chi connectivity index (χ3v) is 4.10. The Bertz CT molecular complexity index is 339. The first kappa shape index (κ1) is 13.6. The molecule has 1 aromatic heterocycles. The Morgan fingerprint density at radius 1 is 1.33 bits per heavy atom. The monoisotopic (exact) mass is 249 g/mol. The Hall–Kier alpha value is -0.830. The van der Waals surface area contributed by atoms with E-state index in [0.717, 1.165) is 19.0 Å². The van der Waals surface area contributed by atoms with Crippen molar-refractivity contribution in [3.05, 3.63) is 18.0 Å². The van der Waals surface area contributed by atoms with Crippen LogP contribution in [0.2, 0.25) is 0 Å². The molecule has 102 valence electrons. The molecule has 3 heteroatoms. The van der Waals surface area contributed by atoms with Gasteiger partial charge in [0.15, 0.2) is 0 Å². The second-order valence-electron chi connectivity index (χ2n) is 5.40. The summed E-state index contributed by atoms with van der Waals surface area (Å²) < 4.78 is 2.15. The van der Waals surface area contributed by atoms with Crippen LogP contribution >= 0.6 is 0 Å². The molecule has 18 heavy (non-hydrogen) atoms. The molecule has 2 rings (SSSR count). The topological polar surface area (TPSA) is 29.9 Å². The van der Waals surface area contributed by atoms with Gasteiger partial charge in [0.2, 0.25) is 0 Å². The van der Waals surface area contributed by atoms with Gasteiger partial charge >= 0.3 is 0 Å². The Labute approximate surface area is 111 Å². The van der Waals surface area contributed by atoms with Crippen LogP contribution in [0.1, 0.15) is 64.1 Å². The van der Waals surface area contributed by atoms with E-state index in [2.05, 4.69) is 35.0 Å². The third kappa shape index (κ3) is 3.14. The zero-order chi connectivity index (χ0) is 12.8. The summed E-state index contributed by atoms with van der Waals surface area (Å²) in [7, 11) is 0. The highest BCUT2D eigenvalue weighted by Gasteiger charge is 2.26. The lowest BCUT2D eigenvalue weighted by Gasteiger charge is -2.31. The molecule has 1 saturated carbocycles. The Morgan fingerprint density at radius 2 is 2.11 bits per heavy atom. The molecular formula is C15H27N3. The molecule has 3 nitrogen and oxygen atoms in total. The molecule has 1 atom stereocenters. The first-order chi connectivity index (χ1) is 8.86. The van der Waals surface area contributed by atoms with Gasteiger partial charge < -0.3 is 5.32 Å². The summed E-state index contributed by atoms with van der Waals surface area (Å²) in [5.41, 5.74) is 1.39. The van der Waals surface area contributed by atoms with Crippen LogP contribution in [0.5, 0.6) is 0 Å². The average molecular weight is 249 g/mol. The predicted molar refractivity (Wildman–Crippen MR) is 75.5 cm³/mol. The summed E-state index contributed by atoms with van der Waals surface area (Å²) in [6.07, 6.45) is 10.1. The summed E-state index contributed by atoms with van der Waals surface area (Å²) in [5, 5.41) is 8.19. The number of aromatic nitrogens is 2. The summed E-state index contributed by atoms with van der Waals surface area (Å²) in [4.78, 5) is 0. The van der Waals surface area contributed by atoms with Gasteiger partial charge in [-0.15, -0.1) is 0 Å². The van der Waals surface area contributed by atoms with Crippen LogP contribution in [0.4, 0.5) is 0 Å². The van der Waals surface area contributed by atoms with Crippen molar-refractivity contribution < 1.29 is 0 Å². The zero-order valence-electron chi connectivity index (χ0n) is 11.9. The molecule has 1 N–H and O–H groups in total. The minimum absolute atomic E-state index is 0.507. The number of nitrogens with zero attached hydrogens (tertiary/aromatic N) is 2. The molecule has 1 aliphatic rings. The molecule has 1 aromatic rings. The number of aryl methyl sites for hydroxylation is 1. The van der Waals surface area contributed by atoms with Crippen molar-refractivity contribution in [1.29, 1.82) is 0 Å². The van der Waals surface area contributed by atoms with E-state index in [-0.39, 0.29) is 0 Å². The van der Waals surface area contributed by atoms with Crippen LogP contribution in [0.15, 0.2) is 12.3 Å². The van der Waals surface area contributed by atoms with Crippen molar-refractivity contribution in [2.45, 2.75) is 65.0 Å². The fraction of sp³-hybridized carbons (Fsp3) is 0.800. The van der Waals surface area contributed by atoms with Crippen molar-refractivity contribution in [3.8, 4) is 0 Å². The van der Waals surface area contributed by atoms with E-state index in [9.17, 15) is 0 Å². The van der Waals surface area contributed by atoms with Crippen molar-refractivity contribution in [3.63, 3.8) is 0 Å². The molecule has 1 aliphatic carbocycles. The standard InChI is InChI=1S/C15H27N3/c1-3-11-16-15(13-8-6-5-7-9-13)14-10-12-17-18(14)4-2/h10,12-13,15-16H,3-9,11H2,1-2H3. The van der Waals surface area contributed by atoms with Crippen LogP contribution in [-0.2, 0) is 6.54 Å². The lowest BCUT2D eigenvalue weighted by atomic mass is 9.82. The molecular weight excluding hydrogens is 222 g/mol. The maximum absolute atomic E-state index is 4.44. The van der Waals surface area contributed by atoms with Crippen LogP contribution < -0.4 is 5.32 Å². The van der Waals surface area contributed by atoms with Gasteiger partial charge in [-0.05, 0) is 44.7 Å². The summed E-state index contributed by atoms with van der Waals surface area (Å²) in [5.74, 6) is 0.798. The van der Waals surface area contributed by atoms with Gasteiger partial charge in [-0.3, -0.25) is 4.68 Å². The molecule has 0 saturated heterocycles. The zero-order valence-corrected chi connectivity index (χ0v) is 11.9. The number of hydrogen-bond donors (Lipinski definition) is 1. The summed E-state index contributed by atoms with van der Waals surface area (Å²) >= 11 is 0. The smallest absolute Gasteiger partial charge is 0.0556 e. The minimum atomic E-state index is 0.507. The lowest BCUT2D eigenvalue weighted by molar-refractivity contribution is 0.261. The quantitative estimate of drug-likeness (QED) is 0.836. The molecule has 1 fully saturated rings. The fourth-order valence-corrected chi connectivity index (χ4v) is 3.15. The number of rotatable bonds is 6. The van der Waals surface area contributed by atoms with Crippen molar-refractivity contribution in [2.75, 3.05) is 6.54 Å². The number of nitrogens with one attached hydrogen (secondary N) is 1. The van der Waals surface area contributed by atoms with E-state index in [4.69, 9.17) is 0 Å². The van der Waals surface area contributed by atoms with Gasteiger partial charge in [-0.2, -0.15) is 5.10 Å². The molecule has 0 aromatic carbocycles. The predicted octanol–water partition coefficient (Wildman–Crippen LogP) is 3.52. The van der Waals surface area contributed by atoms with Crippen molar-refractivity contribution in [2.24, 2.45) is 5.92 Å². The van der Waals surface area contributed by atoms with E-state index < -0.39 is 0 Å². The summed E-state index contributed by atoms with van der Waals surface area (Å²) in [6.45, 7) is 6.49. The SMILES string of the molecule is CCCNC(c1ccnn1CC)C1CCCCC1. The van der Waals surface area contributed by atoms with E-state index in [1.54, 1.807) is 0 Å². The molecule has 1 unspecified atom stereocenters. The van der Waals surface area contributed by atoms with Crippen LogP contribution in [-0.4, -0.2) is 16.3 Å². The second-order valence-corrected chi connectivity index (χ2v) is 5.40. The Kier molecular flexibility index (Phi) is 5.24. The second kappa shape index (κ2) is 6.93. The molecule has 0 bridgehead atoms. The summed E-state index contributed by atoms with van der Waals surface area (Å²) in [6, 6.07) is 2.71. The van der Waals surface area contributed by atoms with Gasteiger partial charge in [-0.25, -0.2) is 0 Å². The first-order valence-corrected chi connectivity index (χ1v) is 7.61. The van der Waals surface area contributed by atoms with Crippen molar-refractivity contribution >= 4 is 0 Å². The average Bonchev–Trinajstić information content (AvgIpc) is 2.89. The maximum atomic E-state index is 4.44. The van der Waals surface area contributed by atoms with E-state index in [1.165, 1.54) is 44.2 Å². The van der Waals surface area contributed by atoms with Gasteiger partial charge in [-0.1, -0.05) is 26.2 Å². The molecule has 0 amide bonds. The van der Waals surface area contributed by atoms with E-state index in [1.807, 2.05) is 6.20 Å². The fourth-order valence-electron chi connectivity index (χ4n) is 3.15. The highest BCUT2D eigenvalue weighted by atomic mass is 15.3. The van der Waals surface area contributed by atoms with Gasteiger partial charge in [0, 0.05) is 12.7 Å². The van der Waals surface area contributed by atoms with E-state index in [0.29, 0.717) is 6.04 Å². The Balaban J connectivity index is 2.12. The van der Waals surface area contributed by atoms with Gasteiger partial charge in [0.05, 0.1) is 11.7 Å². The molecule has 0 aliphatic heterocycles. The molecule has 1 heterocycles. The van der Waals surface area contributed by atoms with Crippen LogP contribution in [0.3, 0.4) is 0 Å². The van der Waals surface area contributed by atoms with Gasteiger partial charge in [0.25, 0.3) is 0 Å². The first-order valence-electron chi connectivity index (χ1n) is 7.61. The van der Waals surface area contributed by atoms with E-state index >= 15 is 0 Å². The van der Waals surface area contributed by atoms with Crippen LogP contribution in [0.25, 0.3) is 0 Å². The molecule has 0 spiro atoms. The number of hydrogen-bond acceptors (Lipinski definition) is 2. The van der Waals surface area contributed by atoms with Gasteiger partial charge in [0.1, 0.15) is 0 Å². The highest BCUT2D eigenvalue weighted by molar-refractivity contribution is 5.09. The normalized spacial score (nSPS) is 19.0. The Morgan fingerprint density at radius 3 is 2.78 bits per heavy atom. The minimum Gasteiger partial charge on any atom is -0.308 e. The highest BCUT2D eigenvalue weighted by Crippen LogP contribution is 2.34. The third-order valence-electron chi connectivity index (χ3n) is 4.10. The lowest BCUT2D eigenvalue weighted by Crippen LogP contribution is -2.32. The van der Waals surface area contributed by atoms with Crippen LogP contribution in [0, 0.1) is 5.92 Å². The van der Waals surface area contributed by atoms with Crippen molar-refractivity contribution in [1.82, 2.24) is 15.1 Å². The largest absolute Gasteiger partial charge is 0.308 e. The maximum Gasteiger partial charge on any atom is 0.0556 e.